The van der Waals surface area contributed by atoms with Gasteiger partial charge in [0.2, 0.25) is 0 Å². The fraction of sp³-hybridized carbons (Fsp3) is 1.00. The van der Waals surface area contributed by atoms with E-state index in [1.165, 1.54) is 6.04 Å². The average Bonchev–Trinajstić information content (AvgIpc) is 1.61. The van der Waals surface area contributed by atoms with Gasteiger partial charge in [0.25, 0.3) is 0 Å². The second-order valence-corrected chi connectivity index (χ2v) is 6.05. The Morgan fingerprint density at radius 3 is 2.43 bits per heavy atom. The van der Waals surface area contributed by atoms with E-state index in [9.17, 15) is 0 Å². The molecule has 0 heterocycles. The maximum atomic E-state index is 5.76. The lowest BCUT2D eigenvalue weighted by Gasteiger charge is -1.96. The molecular formula is C4H12ClNSi. The van der Waals surface area contributed by atoms with Gasteiger partial charge in [-0.1, -0.05) is 6.55 Å². The largest absolute Gasteiger partial charge is 0.320 e. The molecule has 0 fully saturated rings. The standard InChI is InChI=1S/C4H12ClNSi/c1-6-3-4-7(2)5/h6-7H,3-4H2,1-2H3. The smallest absolute Gasteiger partial charge is 0.139 e. The molecular weight excluding hydrogens is 126 g/mol. The van der Waals surface area contributed by atoms with Crippen LogP contribution >= 0.6 is 11.1 Å². The highest BCUT2D eigenvalue weighted by atomic mass is 35.6. The van der Waals surface area contributed by atoms with Gasteiger partial charge in [-0.15, -0.1) is 0 Å². The summed E-state index contributed by atoms with van der Waals surface area (Å²) in [5, 5.41) is 3.05. The molecule has 7 heavy (non-hydrogen) atoms. The van der Waals surface area contributed by atoms with E-state index in [2.05, 4.69) is 11.9 Å². The van der Waals surface area contributed by atoms with E-state index >= 15 is 0 Å². The molecule has 0 saturated heterocycles. The molecule has 1 nitrogen and oxygen atoms in total. The Morgan fingerprint density at radius 1 is 1.71 bits per heavy atom. The SMILES string of the molecule is CNCC[SiH](C)Cl. The number of nitrogens with one attached hydrogen (secondary N) is 1. The van der Waals surface area contributed by atoms with Crippen molar-refractivity contribution in [1.82, 2.24) is 5.32 Å². The zero-order valence-electron chi connectivity index (χ0n) is 4.87. The topological polar surface area (TPSA) is 12.0 Å². The van der Waals surface area contributed by atoms with Gasteiger partial charge in [-0.05, 0) is 19.6 Å². The first-order chi connectivity index (χ1) is 3.27. The van der Waals surface area contributed by atoms with Crippen LogP contribution in [0, 0.1) is 0 Å². The van der Waals surface area contributed by atoms with Crippen LogP contribution in [0.3, 0.4) is 0 Å². The highest BCUT2D eigenvalue weighted by Gasteiger charge is 1.93. The second kappa shape index (κ2) is 4.62. The molecule has 44 valence electrons. The van der Waals surface area contributed by atoms with E-state index in [1.807, 2.05) is 7.05 Å². The zero-order chi connectivity index (χ0) is 5.70. The Hall–Kier alpha value is 0.467. The van der Waals surface area contributed by atoms with Crippen molar-refractivity contribution >= 4 is 19.2 Å². The molecule has 0 aromatic rings. The van der Waals surface area contributed by atoms with Crippen LogP contribution in [0.5, 0.6) is 0 Å². The summed E-state index contributed by atoms with van der Waals surface area (Å²) in [4.78, 5) is 0. The van der Waals surface area contributed by atoms with Crippen molar-refractivity contribution in [3.05, 3.63) is 0 Å². The van der Waals surface area contributed by atoms with Crippen LogP contribution in [-0.4, -0.2) is 21.7 Å². The summed E-state index contributed by atoms with van der Waals surface area (Å²) >= 11 is 5.76. The number of halogens is 1. The van der Waals surface area contributed by atoms with Gasteiger partial charge in [0.05, 0.1) is 0 Å². The van der Waals surface area contributed by atoms with Crippen LogP contribution in [0.25, 0.3) is 0 Å². The molecule has 0 radical (unpaired) electrons. The Morgan fingerprint density at radius 2 is 2.29 bits per heavy atom. The summed E-state index contributed by atoms with van der Waals surface area (Å²) in [7, 11) is 1.17. The maximum absolute atomic E-state index is 5.76. The molecule has 0 aliphatic rings. The van der Waals surface area contributed by atoms with Crippen molar-refractivity contribution in [2.24, 2.45) is 0 Å². The lowest BCUT2D eigenvalue weighted by molar-refractivity contribution is 0.858. The van der Waals surface area contributed by atoms with Crippen molar-refractivity contribution in [2.75, 3.05) is 13.6 Å². The van der Waals surface area contributed by atoms with Gasteiger partial charge in [0, 0.05) is 0 Å². The van der Waals surface area contributed by atoms with E-state index in [0.717, 1.165) is 6.54 Å². The number of hydrogen-bond acceptors (Lipinski definition) is 1. The molecule has 3 heteroatoms. The molecule has 0 bridgehead atoms. The molecule has 0 spiro atoms. The summed E-state index contributed by atoms with van der Waals surface area (Å²) in [6, 6.07) is 1.19. The van der Waals surface area contributed by atoms with Gasteiger partial charge >= 0.3 is 0 Å². The van der Waals surface area contributed by atoms with Crippen LogP contribution in [0.15, 0.2) is 0 Å². The summed E-state index contributed by atoms with van der Waals surface area (Å²) in [5.74, 6) is 0. The van der Waals surface area contributed by atoms with Crippen LogP contribution in [0.4, 0.5) is 0 Å². The molecule has 0 saturated carbocycles. The van der Waals surface area contributed by atoms with Crippen LogP contribution < -0.4 is 5.32 Å². The lowest BCUT2D eigenvalue weighted by Crippen LogP contribution is -2.12. The van der Waals surface area contributed by atoms with E-state index in [-0.39, 0.29) is 0 Å². The van der Waals surface area contributed by atoms with Gasteiger partial charge in [-0.3, -0.25) is 0 Å². The van der Waals surface area contributed by atoms with E-state index < -0.39 is 8.11 Å². The van der Waals surface area contributed by atoms with E-state index in [0.29, 0.717) is 0 Å². The monoisotopic (exact) mass is 137 g/mol. The Bertz CT molecular complexity index is 40.7. The molecule has 1 atom stereocenters. The Kier molecular flexibility index (Phi) is 4.93. The van der Waals surface area contributed by atoms with E-state index in [1.54, 1.807) is 0 Å². The van der Waals surface area contributed by atoms with Gasteiger partial charge in [-0.25, -0.2) is 0 Å². The maximum Gasteiger partial charge on any atom is 0.139 e. The average molecular weight is 138 g/mol. The lowest BCUT2D eigenvalue weighted by atomic mass is 10.8. The van der Waals surface area contributed by atoms with Crippen molar-refractivity contribution in [1.29, 1.82) is 0 Å². The van der Waals surface area contributed by atoms with Crippen LogP contribution in [0.1, 0.15) is 0 Å². The third kappa shape index (κ3) is 6.47. The third-order valence-electron chi connectivity index (χ3n) is 0.792. The fourth-order valence-electron chi connectivity index (χ4n) is 0.343. The first-order valence-corrected chi connectivity index (χ1v) is 6.27. The minimum atomic E-state index is -0.778. The highest BCUT2D eigenvalue weighted by Crippen LogP contribution is 1.92. The molecule has 0 aliphatic carbocycles. The Labute approximate surface area is 51.4 Å². The first-order valence-electron chi connectivity index (χ1n) is 2.56. The number of hydrogen-bond donors (Lipinski definition) is 1. The fourth-order valence-corrected chi connectivity index (χ4v) is 1.36. The summed E-state index contributed by atoms with van der Waals surface area (Å²) in [6.07, 6.45) is 0. The second-order valence-electron chi connectivity index (χ2n) is 1.67. The van der Waals surface area contributed by atoms with Crippen LogP contribution in [0.2, 0.25) is 12.6 Å². The quantitative estimate of drug-likeness (QED) is 0.448. The molecule has 0 aromatic heterocycles. The minimum absolute atomic E-state index is 0.778. The molecule has 1 unspecified atom stereocenters. The summed E-state index contributed by atoms with van der Waals surface area (Å²) < 4.78 is 0. The normalized spacial score (nSPS) is 14.1. The van der Waals surface area contributed by atoms with Crippen LogP contribution in [-0.2, 0) is 0 Å². The van der Waals surface area contributed by atoms with Crippen molar-refractivity contribution in [2.45, 2.75) is 12.6 Å². The molecule has 1 N–H and O–H groups in total. The Balaban J connectivity index is 2.68. The first kappa shape index (κ1) is 7.47. The minimum Gasteiger partial charge on any atom is -0.320 e. The van der Waals surface area contributed by atoms with Gasteiger partial charge in [0.15, 0.2) is 0 Å². The van der Waals surface area contributed by atoms with Gasteiger partial charge in [-0.2, -0.15) is 11.1 Å². The van der Waals surface area contributed by atoms with Gasteiger partial charge in [0.1, 0.15) is 8.11 Å². The van der Waals surface area contributed by atoms with Crippen molar-refractivity contribution in [3.63, 3.8) is 0 Å². The predicted octanol–water partition coefficient (Wildman–Crippen LogP) is 0.798. The van der Waals surface area contributed by atoms with E-state index in [4.69, 9.17) is 11.1 Å². The van der Waals surface area contributed by atoms with Crippen molar-refractivity contribution in [3.8, 4) is 0 Å². The summed E-state index contributed by atoms with van der Waals surface area (Å²) in [6.45, 7) is 3.22. The summed E-state index contributed by atoms with van der Waals surface area (Å²) in [5.41, 5.74) is 0. The molecule has 0 amide bonds. The van der Waals surface area contributed by atoms with Gasteiger partial charge < -0.3 is 5.32 Å². The predicted molar refractivity (Wildman–Crippen MR) is 37.6 cm³/mol. The van der Waals surface area contributed by atoms with Crippen molar-refractivity contribution < 1.29 is 0 Å². The molecule has 0 aromatic carbocycles. The molecule has 0 rings (SSSR count). The zero-order valence-corrected chi connectivity index (χ0v) is 6.78. The highest BCUT2D eigenvalue weighted by molar-refractivity contribution is 7.06. The number of rotatable bonds is 3. The third-order valence-corrected chi connectivity index (χ3v) is 2.53. The molecule has 0 aliphatic heterocycles.